The number of carbonyl (C=O) groups excluding carboxylic acids is 1. The summed E-state index contributed by atoms with van der Waals surface area (Å²) in [5.41, 5.74) is 4.17. The molecule has 3 aromatic rings. The van der Waals surface area contributed by atoms with Crippen LogP contribution in [0.25, 0.3) is 22.8 Å². The van der Waals surface area contributed by atoms with E-state index in [9.17, 15) is 4.79 Å². The number of nitrogens with one attached hydrogen (secondary N) is 1. The van der Waals surface area contributed by atoms with Gasteiger partial charge in [-0.25, -0.2) is 4.98 Å². The minimum Gasteiger partial charge on any atom is -0.493 e. The zero-order valence-corrected chi connectivity index (χ0v) is 17.2. The summed E-state index contributed by atoms with van der Waals surface area (Å²) >= 11 is 0. The van der Waals surface area contributed by atoms with Gasteiger partial charge in [0.1, 0.15) is 5.82 Å². The molecule has 0 aliphatic carbocycles. The van der Waals surface area contributed by atoms with Crippen molar-refractivity contribution in [3.63, 3.8) is 0 Å². The van der Waals surface area contributed by atoms with Crippen LogP contribution in [0.15, 0.2) is 48.7 Å². The molecule has 0 fully saturated rings. The highest BCUT2D eigenvalue weighted by molar-refractivity contribution is 6.34. The van der Waals surface area contributed by atoms with Crippen LogP contribution in [0.4, 0.5) is 5.82 Å². The second-order valence-corrected chi connectivity index (χ2v) is 6.78. The smallest absolute Gasteiger partial charge is 0.257 e. The van der Waals surface area contributed by atoms with Crippen molar-refractivity contribution in [3.8, 4) is 34.4 Å². The molecular weight excluding hydrogens is 394 g/mol. The number of pyridine rings is 1. The van der Waals surface area contributed by atoms with Gasteiger partial charge in [0.05, 0.1) is 38.5 Å². The molecule has 2 heterocycles. The number of nitrogens with zero attached hydrogens (tertiary/aromatic N) is 2. The van der Waals surface area contributed by atoms with E-state index < -0.39 is 0 Å². The molecule has 0 saturated heterocycles. The van der Waals surface area contributed by atoms with E-state index in [1.165, 1.54) is 0 Å². The largest absolute Gasteiger partial charge is 0.493 e. The van der Waals surface area contributed by atoms with E-state index in [1.54, 1.807) is 57.9 Å². The number of methoxy groups -OCH3 is 3. The molecule has 4 rings (SSSR count). The Labute approximate surface area is 179 Å². The molecule has 7 heteroatoms. The van der Waals surface area contributed by atoms with Crippen LogP contribution in [0.5, 0.6) is 17.2 Å². The van der Waals surface area contributed by atoms with Crippen LogP contribution >= 0.6 is 0 Å². The van der Waals surface area contributed by atoms with Crippen LogP contribution in [0.3, 0.4) is 0 Å². The van der Waals surface area contributed by atoms with Crippen molar-refractivity contribution in [2.24, 2.45) is 0 Å². The lowest BCUT2D eigenvalue weighted by Crippen LogP contribution is -2.04. The molecule has 0 bridgehead atoms. The Bertz CT molecular complexity index is 1220. The number of hydrogen-bond acceptors (Lipinski definition) is 6. The number of fused-ring (bicyclic) bond motifs is 1. The van der Waals surface area contributed by atoms with Crippen molar-refractivity contribution in [2.75, 3.05) is 26.6 Å². The van der Waals surface area contributed by atoms with Gasteiger partial charge in [-0.15, -0.1) is 0 Å². The lowest BCUT2D eigenvalue weighted by Gasteiger charge is -2.14. The Morgan fingerprint density at radius 1 is 0.968 bits per heavy atom. The molecular formula is C24H19N3O4. The molecule has 1 N–H and O–H groups in total. The normalized spacial score (nSPS) is 13.4. The summed E-state index contributed by atoms with van der Waals surface area (Å²) in [4.78, 5) is 17.0. The fourth-order valence-corrected chi connectivity index (χ4v) is 3.44. The predicted molar refractivity (Wildman–Crippen MR) is 117 cm³/mol. The van der Waals surface area contributed by atoms with Gasteiger partial charge in [-0.05, 0) is 47.5 Å². The number of benzene rings is 2. The van der Waals surface area contributed by atoms with Crippen molar-refractivity contribution < 1.29 is 19.0 Å². The molecule has 2 aromatic carbocycles. The molecule has 0 atom stereocenters. The van der Waals surface area contributed by atoms with Crippen LogP contribution < -0.4 is 19.5 Å². The van der Waals surface area contributed by atoms with Crippen LogP contribution in [-0.2, 0) is 4.79 Å². The summed E-state index contributed by atoms with van der Waals surface area (Å²) in [7, 11) is 4.67. The number of anilines is 1. The molecule has 0 saturated carbocycles. The van der Waals surface area contributed by atoms with Gasteiger partial charge >= 0.3 is 0 Å². The summed E-state index contributed by atoms with van der Waals surface area (Å²) in [6.07, 6.45) is 3.47. The van der Waals surface area contributed by atoms with Gasteiger partial charge in [0.25, 0.3) is 5.91 Å². The molecule has 7 nitrogen and oxygen atoms in total. The SMILES string of the molecule is COc1cc(-c2cnc3c(c2)/C(=C\c2ccc(C#N)cc2)C(=O)N3)cc(OC)c1OC. The number of aromatic nitrogens is 1. The summed E-state index contributed by atoms with van der Waals surface area (Å²) in [6, 6.07) is 14.7. The highest BCUT2D eigenvalue weighted by Crippen LogP contribution is 2.42. The van der Waals surface area contributed by atoms with E-state index in [1.807, 2.05) is 18.2 Å². The number of nitriles is 1. The molecule has 154 valence electrons. The molecule has 31 heavy (non-hydrogen) atoms. The summed E-state index contributed by atoms with van der Waals surface area (Å²) in [6.45, 7) is 0. The van der Waals surface area contributed by atoms with Crippen molar-refractivity contribution >= 4 is 23.4 Å². The molecule has 1 aliphatic rings. The van der Waals surface area contributed by atoms with Crippen molar-refractivity contribution in [2.45, 2.75) is 0 Å². The summed E-state index contributed by atoms with van der Waals surface area (Å²) in [5.74, 6) is 1.83. The van der Waals surface area contributed by atoms with Crippen molar-refractivity contribution in [3.05, 3.63) is 65.4 Å². The molecule has 1 aromatic heterocycles. The Balaban J connectivity index is 1.79. The first-order chi connectivity index (χ1) is 15.1. The fourth-order valence-electron chi connectivity index (χ4n) is 3.44. The minimum atomic E-state index is -0.228. The third-order valence-corrected chi connectivity index (χ3v) is 5.00. The van der Waals surface area contributed by atoms with E-state index >= 15 is 0 Å². The van der Waals surface area contributed by atoms with Gasteiger partial charge in [-0.1, -0.05) is 12.1 Å². The average molecular weight is 413 g/mol. The first-order valence-corrected chi connectivity index (χ1v) is 9.42. The minimum absolute atomic E-state index is 0.228. The van der Waals surface area contributed by atoms with Crippen molar-refractivity contribution in [1.29, 1.82) is 5.26 Å². The van der Waals surface area contributed by atoms with Gasteiger partial charge in [0.15, 0.2) is 11.5 Å². The number of rotatable bonds is 5. The first-order valence-electron chi connectivity index (χ1n) is 9.42. The Morgan fingerprint density at radius 2 is 1.65 bits per heavy atom. The quantitative estimate of drug-likeness (QED) is 0.632. The maximum atomic E-state index is 12.6. The Kier molecular flexibility index (Phi) is 5.29. The lowest BCUT2D eigenvalue weighted by atomic mass is 10.00. The van der Waals surface area contributed by atoms with Crippen LogP contribution in [-0.4, -0.2) is 32.2 Å². The first kappa shape index (κ1) is 20.0. The van der Waals surface area contributed by atoms with Gasteiger partial charge in [0, 0.05) is 17.3 Å². The molecule has 1 amide bonds. The number of hydrogen-bond donors (Lipinski definition) is 1. The predicted octanol–water partition coefficient (Wildman–Crippen LogP) is 4.14. The molecule has 1 aliphatic heterocycles. The maximum Gasteiger partial charge on any atom is 0.257 e. The third kappa shape index (κ3) is 3.67. The average Bonchev–Trinajstić information content (AvgIpc) is 3.12. The zero-order chi connectivity index (χ0) is 22.0. The van der Waals surface area contributed by atoms with Gasteiger partial charge in [0.2, 0.25) is 5.75 Å². The zero-order valence-electron chi connectivity index (χ0n) is 17.2. The van der Waals surface area contributed by atoms with Crippen LogP contribution in [0.1, 0.15) is 16.7 Å². The van der Waals surface area contributed by atoms with E-state index in [0.29, 0.717) is 39.8 Å². The van der Waals surface area contributed by atoms with Crippen molar-refractivity contribution in [1.82, 2.24) is 4.98 Å². The lowest BCUT2D eigenvalue weighted by molar-refractivity contribution is -0.110. The van der Waals surface area contributed by atoms with Crippen LogP contribution in [0.2, 0.25) is 0 Å². The van der Waals surface area contributed by atoms with E-state index in [4.69, 9.17) is 19.5 Å². The highest BCUT2D eigenvalue weighted by atomic mass is 16.5. The van der Waals surface area contributed by atoms with Gasteiger partial charge in [-0.2, -0.15) is 5.26 Å². The van der Waals surface area contributed by atoms with Crippen LogP contribution in [0, 0.1) is 11.3 Å². The second-order valence-electron chi connectivity index (χ2n) is 6.78. The number of carbonyl (C=O) groups is 1. The standard InChI is InChI=1S/C24H19N3O4/c1-29-20-10-16(11-21(30-2)22(20)31-3)17-9-18-19(24(28)27-23(18)26-13-17)8-14-4-6-15(12-25)7-5-14/h4-11,13H,1-3H3,(H,26,27,28)/b19-8+. The highest BCUT2D eigenvalue weighted by Gasteiger charge is 2.26. The maximum absolute atomic E-state index is 12.6. The Morgan fingerprint density at radius 3 is 2.23 bits per heavy atom. The van der Waals surface area contributed by atoms with E-state index in [2.05, 4.69) is 16.4 Å². The second kappa shape index (κ2) is 8.20. The topological polar surface area (TPSA) is 93.5 Å². The number of amides is 1. The molecule has 0 spiro atoms. The monoisotopic (exact) mass is 413 g/mol. The molecule has 0 unspecified atom stereocenters. The molecule has 0 radical (unpaired) electrons. The van der Waals surface area contributed by atoms with E-state index in [0.717, 1.165) is 16.7 Å². The van der Waals surface area contributed by atoms with Gasteiger partial charge in [-0.3, -0.25) is 4.79 Å². The number of ether oxygens (including phenoxy) is 3. The third-order valence-electron chi connectivity index (χ3n) is 5.00. The van der Waals surface area contributed by atoms with Gasteiger partial charge < -0.3 is 19.5 Å². The fraction of sp³-hybridized carbons (Fsp3) is 0.125. The van der Waals surface area contributed by atoms with E-state index in [-0.39, 0.29) is 5.91 Å². The Hall–Kier alpha value is -4.31. The summed E-state index contributed by atoms with van der Waals surface area (Å²) < 4.78 is 16.3. The summed E-state index contributed by atoms with van der Waals surface area (Å²) in [5, 5.41) is 11.8.